The van der Waals surface area contributed by atoms with Crippen LogP contribution in [-0.2, 0) is 14.3 Å². The van der Waals surface area contributed by atoms with E-state index in [4.69, 9.17) is 15.6 Å². The molecule has 0 heterocycles. The van der Waals surface area contributed by atoms with Crippen LogP contribution in [0.2, 0.25) is 0 Å². The molecule has 0 spiro atoms. The number of carbonyl (C=O) groups is 2. The maximum atomic E-state index is 11.3. The van der Waals surface area contributed by atoms with Crippen LogP contribution in [0.1, 0.15) is 19.3 Å². The largest absolute Gasteiger partial charge is 0.481 e. The number of amides is 1. The van der Waals surface area contributed by atoms with Crippen molar-refractivity contribution in [3.8, 4) is 0 Å². The van der Waals surface area contributed by atoms with Crippen molar-refractivity contribution in [3.05, 3.63) is 0 Å². The van der Waals surface area contributed by atoms with E-state index in [1.807, 2.05) is 0 Å². The normalized spacial score (nSPS) is 24.3. The minimum atomic E-state index is -0.781. The number of nitrogens with two attached hydrogens (primary N) is 1. The third-order valence-electron chi connectivity index (χ3n) is 2.64. The number of nitrogens with one attached hydrogen (secondary N) is 1. The molecule has 1 amide bonds. The number of carboxylic acid groups (broad SMARTS) is 1. The molecule has 0 radical (unpaired) electrons. The van der Waals surface area contributed by atoms with Crippen molar-refractivity contribution < 1.29 is 19.4 Å². The highest BCUT2D eigenvalue weighted by Crippen LogP contribution is 2.25. The summed E-state index contributed by atoms with van der Waals surface area (Å²) >= 11 is 0. The third kappa shape index (κ3) is 4.16. The smallest absolute Gasteiger partial charge is 0.306 e. The second kappa shape index (κ2) is 6.44. The molecular weight excluding hydrogens is 212 g/mol. The van der Waals surface area contributed by atoms with Crippen molar-refractivity contribution in [2.75, 3.05) is 19.8 Å². The molecule has 0 aromatic rings. The van der Waals surface area contributed by atoms with Gasteiger partial charge < -0.3 is 20.9 Å². The Bertz CT molecular complexity index is 257. The van der Waals surface area contributed by atoms with Crippen LogP contribution in [0.3, 0.4) is 0 Å². The summed E-state index contributed by atoms with van der Waals surface area (Å²) < 4.78 is 4.98. The molecule has 0 aliphatic heterocycles. The zero-order valence-electron chi connectivity index (χ0n) is 9.15. The Hall–Kier alpha value is -1.14. The van der Waals surface area contributed by atoms with Crippen LogP contribution in [0, 0.1) is 5.92 Å². The molecule has 92 valence electrons. The van der Waals surface area contributed by atoms with Gasteiger partial charge in [0.25, 0.3) is 0 Å². The van der Waals surface area contributed by atoms with E-state index < -0.39 is 5.97 Å². The molecule has 2 atom stereocenters. The fraction of sp³-hybridized carbons (Fsp3) is 0.800. The average Bonchev–Trinajstić information content (AvgIpc) is 2.66. The van der Waals surface area contributed by atoms with Gasteiger partial charge in [-0.1, -0.05) is 0 Å². The van der Waals surface area contributed by atoms with E-state index in [0.717, 1.165) is 6.42 Å². The second-order valence-corrected chi connectivity index (χ2v) is 3.95. The van der Waals surface area contributed by atoms with Crippen molar-refractivity contribution in [1.29, 1.82) is 0 Å². The molecule has 1 aliphatic rings. The van der Waals surface area contributed by atoms with Gasteiger partial charge in [-0.15, -0.1) is 0 Å². The maximum absolute atomic E-state index is 11.3. The van der Waals surface area contributed by atoms with E-state index in [9.17, 15) is 9.59 Å². The number of aliphatic carboxylic acids is 1. The van der Waals surface area contributed by atoms with Gasteiger partial charge in [-0.25, -0.2) is 0 Å². The minimum Gasteiger partial charge on any atom is -0.481 e. The third-order valence-corrected chi connectivity index (χ3v) is 2.64. The van der Waals surface area contributed by atoms with E-state index in [1.165, 1.54) is 0 Å². The lowest BCUT2D eigenvalue weighted by molar-refractivity contribution is -0.141. The first-order chi connectivity index (χ1) is 7.63. The number of hydrogen-bond acceptors (Lipinski definition) is 4. The first-order valence-electron chi connectivity index (χ1n) is 5.43. The van der Waals surface area contributed by atoms with Crippen molar-refractivity contribution in [2.45, 2.75) is 25.3 Å². The molecule has 6 heteroatoms. The summed E-state index contributed by atoms with van der Waals surface area (Å²) in [5.41, 5.74) is 5.21. The fourth-order valence-corrected chi connectivity index (χ4v) is 1.85. The number of rotatable bonds is 6. The Morgan fingerprint density at radius 3 is 2.75 bits per heavy atom. The highest BCUT2D eigenvalue weighted by molar-refractivity contribution is 5.78. The molecule has 6 nitrogen and oxygen atoms in total. The van der Waals surface area contributed by atoms with Gasteiger partial charge in [0.05, 0.1) is 12.5 Å². The SMILES string of the molecule is NCCOCC(=O)N[C@H]1CC[C@@H](C(=O)O)C1. The van der Waals surface area contributed by atoms with Crippen molar-refractivity contribution in [3.63, 3.8) is 0 Å². The zero-order valence-corrected chi connectivity index (χ0v) is 9.15. The summed E-state index contributed by atoms with van der Waals surface area (Å²) in [7, 11) is 0. The summed E-state index contributed by atoms with van der Waals surface area (Å²) in [4.78, 5) is 22.0. The van der Waals surface area contributed by atoms with Gasteiger partial charge in [-0.3, -0.25) is 9.59 Å². The molecule has 0 bridgehead atoms. The topological polar surface area (TPSA) is 102 Å². The molecule has 1 fully saturated rings. The summed E-state index contributed by atoms with van der Waals surface area (Å²) in [6.45, 7) is 0.735. The number of carbonyl (C=O) groups excluding carboxylic acids is 1. The number of ether oxygens (including phenoxy) is 1. The van der Waals surface area contributed by atoms with Crippen molar-refractivity contribution in [2.24, 2.45) is 11.7 Å². The molecule has 1 aliphatic carbocycles. The lowest BCUT2D eigenvalue weighted by atomic mass is 10.1. The van der Waals surface area contributed by atoms with E-state index in [1.54, 1.807) is 0 Å². The van der Waals surface area contributed by atoms with Crippen LogP contribution in [0.25, 0.3) is 0 Å². The monoisotopic (exact) mass is 230 g/mol. The van der Waals surface area contributed by atoms with Crippen LogP contribution in [0.4, 0.5) is 0 Å². The van der Waals surface area contributed by atoms with E-state index in [2.05, 4.69) is 5.32 Å². The molecular formula is C10H18N2O4. The first kappa shape index (κ1) is 12.9. The lowest BCUT2D eigenvalue weighted by Crippen LogP contribution is -2.36. The minimum absolute atomic E-state index is 0.00849. The average molecular weight is 230 g/mol. The summed E-state index contributed by atoms with van der Waals surface area (Å²) in [6, 6.07) is -0.0323. The molecule has 0 saturated heterocycles. The van der Waals surface area contributed by atoms with Gasteiger partial charge >= 0.3 is 5.97 Å². The molecule has 0 aromatic heterocycles. The molecule has 0 unspecified atom stereocenters. The quantitative estimate of drug-likeness (QED) is 0.525. The Balaban J connectivity index is 2.18. The Kier molecular flexibility index (Phi) is 5.21. The van der Waals surface area contributed by atoms with Crippen molar-refractivity contribution >= 4 is 11.9 Å². The Labute approximate surface area is 94.1 Å². The molecule has 0 aromatic carbocycles. The molecule has 1 saturated carbocycles. The van der Waals surface area contributed by atoms with Gasteiger partial charge in [-0.05, 0) is 19.3 Å². The van der Waals surface area contributed by atoms with Gasteiger partial charge in [0.15, 0.2) is 0 Å². The number of hydrogen-bond donors (Lipinski definition) is 3. The van der Waals surface area contributed by atoms with E-state index >= 15 is 0 Å². The first-order valence-corrected chi connectivity index (χ1v) is 5.43. The van der Waals surface area contributed by atoms with Crippen LogP contribution in [0.5, 0.6) is 0 Å². The highest BCUT2D eigenvalue weighted by Gasteiger charge is 2.30. The van der Waals surface area contributed by atoms with Gasteiger partial charge in [0.2, 0.25) is 5.91 Å². The highest BCUT2D eigenvalue weighted by atomic mass is 16.5. The number of carboxylic acids is 1. The van der Waals surface area contributed by atoms with Crippen LogP contribution in [-0.4, -0.2) is 42.8 Å². The summed E-state index contributed by atoms with van der Waals surface area (Å²) in [5.74, 6) is -1.31. The molecule has 16 heavy (non-hydrogen) atoms. The Morgan fingerprint density at radius 2 is 2.19 bits per heavy atom. The van der Waals surface area contributed by atoms with Gasteiger partial charge in [0, 0.05) is 12.6 Å². The predicted octanol–water partition coefficient (Wildman–Crippen LogP) is -0.669. The zero-order chi connectivity index (χ0) is 12.0. The van der Waals surface area contributed by atoms with Gasteiger partial charge in [-0.2, -0.15) is 0 Å². The van der Waals surface area contributed by atoms with Gasteiger partial charge in [0.1, 0.15) is 6.61 Å². The summed E-state index contributed by atoms with van der Waals surface area (Å²) in [6.07, 6.45) is 1.86. The Morgan fingerprint density at radius 1 is 1.44 bits per heavy atom. The van der Waals surface area contributed by atoms with E-state index in [-0.39, 0.29) is 24.5 Å². The van der Waals surface area contributed by atoms with Crippen molar-refractivity contribution in [1.82, 2.24) is 5.32 Å². The van der Waals surface area contributed by atoms with Crippen LogP contribution >= 0.6 is 0 Å². The maximum Gasteiger partial charge on any atom is 0.306 e. The standard InChI is InChI=1S/C10H18N2O4/c11-3-4-16-6-9(13)12-8-2-1-7(5-8)10(14)15/h7-8H,1-6,11H2,(H,12,13)(H,14,15)/t7-,8+/m1/s1. The lowest BCUT2D eigenvalue weighted by Gasteiger charge is -2.12. The predicted molar refractivity (Wildman–Crippen MR) is 56.8 cm³/mol. The fourth-order valence-electron chi connectivity index (χ4n) is 1.85. The molecule has 4 N–H and O–H groups in total. The van der Waals surface area contributed by atoms with Crippen LogP contribution in [0.15, 0.2) is 0 Å². The molecule has 1 rings (SSSR count). The second-order valence-electron chi connectivity index (χ2n) is 3.95. The summed E-state index contributed by atoms with van der Waals surface area (Å²) in [5, 5.41) is 11.5. The van der Waals surface area contributed by atoms with Crippen LogP contribution < -0.4 is 11.1 Å². The van der Waals surface area contributed by atoms with E-state index in [0.29, 0.717) is 26.0 Å².